The van der Waals surface area contributed by atoms with Crippen molar-refractivity contribution in [2.45, 2.75) is 13.5 Å². The molecule has 0 bridgehead atoms. The first-order valence-corrected chi connectivity index (χ1v) is 8.25. The van der Waals surface area contributed by atoms with Crippen LogP contribution in [-0.2, 0) is 6.54 Å². The Morgan fingerprint density at radius 2 is 2.08 bits per heavy atom. The molecular formula is C17H17ClFN3O2S. The molecule has 5 nitrogen and oxygen atoms in total. The van der Waals surface area contributed by atoms with Gasteiger partial charge in [0, 0.05) is 6.54 Å². The summed E-state index contributed by atoms with van der Waals surface area (Å²) in [5.41, 5.74) is 4.20. The number of hydrogen-bond donors (Lipinski definition) is 3. The molecule has 8 heteroatoms. The number of thiocarbonyl (C=S) groups is 1. The van der Waals surface area contributed by atoms with E-state index in [2.05, 4.69) is 15.8 Å². The summed E-state index contributed by atoms with van der Waals surface area (Å²) in [6.45, 7) is 2.65. The van der Waals surface area contributed by atoms with Crippen molar-refractivity contribution in [3.05, 3.63) is 58.4 Å². The summed E-state index contributed by atoms with van der Waals surface area (Å²) in [6, 6.07) is 9.28. The minimum Gasteiger partial charge on any atom is -0.503 e. The van der Waals surface area contributed by atoms with E-state index < -0.39 is 0 Å². The molecule has 0 aromatic heterocycles. The minimum absolute atomic E-state index is 0.106. The fourth-order valence-corrected chi connectivity index (χ4v) is 2.27. The van der Waals surface area contributed by atoms with Crippen LogP contribution >= 0.6 is 23.8 Å². The van der Waals surface area contributed by atoms with Crippen LogP contribution in [-0.4, -0.2) is 23.0 Å². The molecule has 0 spiro atoms. The van der Waals surface area contributed by atoms with Gasteiger partial charge in [0.25, 0.3) is 0 Å². The quantitative estimate of drug-likeness (QED) is 0.405. The van der Waals surface area contributed by atoms with E-state index in [9.17, 15) is 9.50 Å². The Kier molecular flexibility index (Phi) is 6.97. The van der Waals surface area contributed by atoms with Crippen molar-refractivity contribution in [1.82, 2.24) is 10.7 Å². The lowest BCUT2D eigenvalue weighted by Gasteiger charge is -2.09. The van der Waals surface area contributed by atoms with Gasteiger partial charge in [-0.25, -0.2) is 4.39 Å². The van der Waals surface area contributed by atoms with Gasteiger partial charge in [-0.05, 0) is 54.5 Å². The molecule has 0 saturated carbocycles. The average molecular weight is 382 g/mol. The van der Waals surface area contributed by atoms with Crippen molar-refractivity contribution in [2.75, 3.05) is 6.61 Å². The smallest absolute Gasteiger partial charge is 0.187 e. The van der Waals surface area contributed by atoms with Gasteiger partial charge in [-0.3, -0.25) is 5.43 Å². The van der Waals surface area contributed by atoms with Crippen molar-refractivity contribution >= 4 is 35.1 Å². The van der Waals surface area contributed by atoms with Gasteiger partial charge in [-0.15, -0.1) is 0 Å². The zero-order valence-electron chi connectivity index (χ0n) is 13.4. The average Bonchev–Trinajstić information content (AvgIpc) is 2.59. The molecule has 2 rings (SSSR count). The van der Waals surface area contributed by atoms with Gasteiger partial charge >= 0.3 is 0 Å². The lowest BCUT2D eigenvalue weighted by Crippen LogP contribution is -2.31. The van der Waals surface area contributed by atoms with Gasteiger partial charge in [-0.1, -0.05) is 23.7 Å². The zero-order valence-corrected chi connectivity index (χ0v) is 15.0. The molecule has 0 unspecified atom stereocenters. The first kappa shape index (κ1) is 19.0. The van der Waals surface area contributed by atoms with Gasteiger partial charge < -0.3 is 15.2 Å². The Labute approximate surface area is 155 Å². The molecule has 2 aromatic rings. The van der Waals surface area contributed by atoms with Gasteiger partial charge in [0.15, 0.2) is 16.6 Å². The van der Waals surface area contributed by atoms with Crippen LogP contribution in [0.2, 0.25) is 5.02 Å². The maximum absolute atomic E-state index is 12.8. The Morgan fingerprint density at radius 3 is 2.76 bits per heavy atom. The molecule has 132 valence electrons. The van der Waals surface area contributed by atoms with Crippen LogP contribution in [0, 0.1) is 5.82 Å². The molecule has 0 atom stereocenters. The van der Waals surface area contributed by atoms with Gasteiger partial charge in [-0.2, -0.15) is 5.10 Å². The molecule has 0 heterocycles. The highest BCUT2D eigenvalue weighted by atomic mass is 35.5. The van der Waals surface area contributed by atoms with Crippen LogP contribution in [0.25, 0.3) is 0 Å². The maximum Gasteiger partial charge on any atom is 0.187 e. The monoisotopic (exact) mass is 381 g/mol. The van der Waals surface area contributed by atoms with Crippen LogP contribution in [0.4, 0.5) is 4.39 Å². The molecule has 2 aromatic carbocycles. The van der Waals surface area contributed by atoms with Crippen LogP contribution in [0.15, 0.2) is 41.5 Å². The third-order valence-electron chi connectivity index (χ3n) is 3.10. The molecule has 0 fully saturated rings. The third-order valence-corrected chi connectivity index (χ3v) is 3.62. The fraction of sp³-hybridized carbons (Fsp3) is 0.176. The largest absolute Gasteiger partial charge is 0.503 e. The summed E-state index contributed by atoms with van der Waals surface area (Å²) < 4.78 is 18.1. The van der Waals surface area contributed by atoms with Crippen LogP contribution in [0.5, 0.6) is 11.5 Å². The number of phenols is 1. The number of aromatic hydroxyl groups is 1. The second kappa shape index (κ2) is 9.19. The summed E-state index contributed by atoms with van der Waals surface area (Å²) >= 11 is 11.1. The second-order valence-corrected chi connectivity index (χ2v) is 5.78. The fourth-order valence-electron chi connectivity index (χ4n) is 1.92. The van der Waals surface area contributed by atoms with E-state index in [0.29, 0.717) is 23.8 Å². The minimum atomic E-state index is -0.284. The van der Waals surface area contributed by atoms with E-state index in [0.717, 1.165) is 5.56 Å². The number of ether oxygens (including phenoxy) is 1. The first-order valence-electron chi connectivity index (χ1n) is 7.46. The predicted octanol–water partition coefficient (Wildman–Crippen LogP) is 3.58. The van der Waals surface area contributed by atoms with Crippen molar-refractivity contribution in [1.29, 1.82) is 0 Å². The van der Waals surface area contributed by atoms with Gasteiger partial charge in [0.05, 0.1) is 17.8 Å². The molecule has 0 aliphatic rings. The van der Waals surface area contributed by atoms with E-state index in [1.807, 2.05) is 0 Å². The highest BCUT2D eigenvalue weighted by Crippen LogP contribution is 2.34. The number of hydrogen-bond acceptors (Lipinski definition) is 4. The Bertz CT molecular complexity index is 769. The second-order valence-electron chi connectivity index (χ2n) is 4.96. The van der Waals surface area contributed by atoms with Crippen molar-refractivity contribution < 1.29 is 14.2 Å². The summed E-state index contributed by atoms with van der Waals surface area (Å²) in [5.74, 6) is -0.105. The Hall–Kier alpha value is -2.38. The summed E-state index contributed by atoms with van der Waals surface area (Å²) in [6.07, 6.45) is 1.50. The van der Waals surface area contributed by atoms with E-state index in [1.165, 1.54) is 18.3 Å². The molecule has 3 N–H and O–H groups in total. The SMILES string of the molecule is CCOc1cc(/C=N/NC(=S)NCc2ccc(F)cc2)cc(Cl)c1O. The molecule has 25 heavy (non-hydrogen) atoms. The van der Waals surface area contributed by atoms with Gasteiger partial charge in [0.1, 0.15) is 5.82 Å². The Balaban J connectivity index is 1.89. The van der Waals surface area contributed by atoms with Gasteiger partial charge in [0.2, 0.25) is 0 Å². The van der Waals surface area contributed by atoms with Crippen molar-refractivity contribution in [3.63, 3.8) is 0 Å². The number of rotatable bonds is 6. The number of benzene rings is 2. The van der Waals surface area contributed by atoms with Crippen LogP contribution < -0.4 is 15.5 Å². The molecule has 0 radical (unpaired) electrons. The number of nitrogens with zero attached hydrogens (tertiary/aromatic N) is 1. The number of hydrazone groups is 1. The summed E-state index contributed by atoms with van der Waals surface area (Å²) in [5, 5.41) is 17.2. The standard InChI is InChI=1S/C17H17ClFN3O2S/c1-2-24-15-8-12(7-14(18)16(15)23)10-21-22-17(25)20-9-11-3-5-13(19)6-4-11/h3-8,10,23H,2,9H2,1H3,(H2,20,22,25)/b21-10+. The summed E-state index contributed by atoms with van der Waals surface area (Å²) in [4.78, 5) is 0. The molecule has 0 saturated heterocycles. The van der Waals surface area contributed by atoms with Crippen molar-refractivity contribution in [2.24, 2.45) is 5.10 Å². The normalized spacial score (nSPS) is 10.7. The molecule has 0 aliphatic heterocycles. The lowest BCUT2D eigenvalue weighted by atomic mass is 10.2. The molecular weight excluding hydrogens is 365 g/mol. The van der Waals surface area contributed by atoms with Crippen LogP contribution in [0.3, 0.4) is 0 Å². The number of nitrogens with one attached hydrogen (secondary N) is 2. The highest BCUT2D eigenvalue weighted by Gasteiger charge is 2.08. The van der Waals surface area contributed by atoms with E-state index in [-0.39, 0.29) is 22.3 Å². The summed E-state index contributed by atoms with van der Waals surface area (Å²) in [7, 11) is 0. The number of halogens is 2. The van der Waals surface area contributed by atoms with E-state index in [1.54, 1.807) is 31.2 Å². The van der Waals surface area contributed by atoms with E-state index >= 15 is 0 Å². The predicted molar refractivity (Wildman–Crippen MR) is 101 cm³/mol. The van der Waals surface area contributed by atoms with Crippen molar-refractivity contribution in [3.8, 4) is 11.5 Å². The molecule has 0 aliphatic carbocycles. The Morgan fingerprint density at radius 1 is 1.36 bits per heavy atom. The maximum atomic E-state index is 12.8. The number of phenolic OH excluding ortho intramolecular Hbond substituents is 1. The third kappa shape index (κ3) is 5.88. The van der Waals surface area contributed by atoms with Crippen LogP contribution in [0.1, 0.15) is 18.1 Å². The zero-order chi connectivity index (χ0) is 18.2. The topological polar surface area (TPSA) is 65.9 Å². The highest BCUT2D eigenvalue weighted by molar-refractivity contribution is 7.80. The molecule has 0 amide bonds. The van der Waals surface area contributed by atoms with E-state index in [4.69, 9.17) is 28.6 Å². The lowest BCUT2D eigenvalue weighted by molar-refractivity contribution is 0.318. The first-order chi connectivity index (χ1) is 12.0.